The first-order valence-corrected chi connectivity index (χ1v) is 10.9. The highest BCUT2D eigenvalue weighted by Crippen LogP contribution is 2.27. The Morgan fingerprint density at radius 2 is 2.03 bits per heavy atom. The molecule has 4 rings (SSSR count). The van der Waals surface area contributed by atoms with Crippen LogP contribution in [0.5, 0.6) is 0 Å². The van der Waals surface area contributed by atoms with E-state index in [1.807, 2.05) is 33.7 Å². The molecule has 0 aliphatic carbocycles. The number of carbonyl (C=O) groups excluding carboxylic acids is 1. The van der Waals surface area contributed by atoms with E-state index in [0.29, 0.717) is 35.4 Å². The minimum atomic E-state index is 0.158. The van der Waals surface area contributed by atoms with E-state index in [2.05, 4.69) is 29.0 Å². The Morgan fingerprint density at radius 3 is 2.72 bits per heavy atom. The van der Waals surface area contributed by atoms with Crippen LogP contribution in [0.1, 0.15) is 38.9 Å². The zero-order valence-electron chi connectivity index (χ0n) is 16.7. The van der Waals surface area contributed by atoms with E-state index in [9.17, 15) is 4.79 Å². The van der Waals surface area contributed by atoms with Crippen LogP contribution in [-0.4, -0.2) is 48.4 Å². The summed E-state index contributed by atoms with van der Waals surface area (Å²) >= 11 is 1.43. The number of carbonyl (C=O) groups is 1. The second-order valence-corrected chi connectivity index (χ2v) is 8.37. The second-order valence-electron chi connectivity index (χ2n) is 7.43. The molecule has 0 radical (unpaired) electrons. The van der Waals surface area contributed by atoms with Crippen LogP contribution in [0.3, 0.4) is 0 Å². The number of piperidine rings is 1. The molecule has 1 aliphatic heterocycles. The van der Waals surface area contributed by atoms with Crippen LogP contribution < -0.4 is 0 Å². The van der Waals surface area contributed by atoms with Crippen molar-refractivity contribution in [3.8, 4) is 11.4 Å². The molecule has 0 spiro atoms. The number of thioether (sulfide) groups is 1. The summed E-state index contributed by atoms with van der Waals surface area (Å²) in [5.41, 5.74) is 0.878. The molecule has 7 nitrogen and oxygen atoms in total. The molecule has 0 N–H and O–H groups in total. The van der Waals surface area contributed by atoms with Gasteiger partial charge in [-0.3, -0.25) is 14.3 Å². The molecular formula is C21H25N5O2S. The Balaban J connectivity index is 1.55. The summed E-state index contributed by atoms with van der Waals surface area (Å²) in [6, 6.07) is 8.18. The van der Waals surface area contributed by atoms with Gasteiger partial charge in [0, 0.05) is 30.0 Å². The standard InChI is InChI=1S/C21H25N5O2S/c1-15-6-3-7-16(2)26(15)19(27)14-29-21-24-23-20(17-8-4-10-22-12-17)25(21)13-18-9-5-11-28-18/h4-5,8-12,15-16H,3,6-7,13-14H2,1-2H3/t15-,16+. The number of aromatic nitrogens is 4. The maximum Gasteiger partial charge on any atom is 0.233 e. The number of likely N-dealkylation sites (tertiary alicyclic amines) is 1. The zero-order valence-corrected chi connectivity index (χ0v) is 17.5. The van der Waals surface area contributed by atoms with E-state index in [4.69, 9.17) is 4.42 Å². The average Bonchev–Trinajstić information content (AvgIpc) is 3.37. The number of pyridine rings is 1. The van der Waals surface area contributed by atoms with Crippen molar-refractivity contribution in [3.05, 3.63) is 48.7 Å². The van der Waals surface area contributed by atoms with Gasteiger partial charge in [0.15, 0.2) is 11.0 Å². The molecule has 4 heterocycles. The number of hydrogen-bond donors (Lipinski definition) is 0. The monoisotopic (exact) mass is 411 g/mol. The van der Waals surface area contributed by atoms with Crippen molar-refractivity contribution in [2.24, 2.45) is 0 Å². The summed E-state index contributed by atoms with van der Waals surface area (Å²) in [4.78, 5) is 19.1. The summed E-state index contributed by atoms with van der Waals surface area (Å²) in [6.07, 6.45) is 8.47. The highest BCUT2D eigenvalue weighted by Gasteiger charge is 2.29. The van der Waals surface area contributed by atoms with E-state index in [0.717, 1.165) is 24.2 Å². The Labute approximate surface area is 174 Å². The van der Waals surface area contributed by atoms with Gasteiger partial charge in [0.1, 0.15) is 5.76 Å². The molecule has 1 aliphatic rings. The lowest BCUT2D eigenvalue weighted by atomic mass is 9.98. The first kappa shape index (κ1) is 19.7. The molecule has 1 fully saturated rings. The summed E-state index contributed by atoms with van der Waals surface area (Å²) in [6.45, 7) is 4.77. The first-order valence-electron chi connectivity index (χ1n) is 9.93. The predicted molar refractivity (Wildman–Crippen MR) is 111 cm³/mol. The van der Waals surface area contributed by atoms with Crippen molar-refractivity contribution < 1.29 is 9.21 Å². The molecule has 3 aromatic rings. The minimum Gasteiger partial charge on any atom is -0.467 e. The topological polar surface area (TPSA) is 77.1 Å². The fourth-order valence-corrected chi connectivity index (χ4v) is 4.73. The van der Waals surface area contributed by atoms with Crippen LogP contribution >= 0.6 is 11.8 Å². The van der Waals surface area contributed by atoms with Gasteiger partial charge in [0.2, 0.25) is 5.91 Å². The van der Waals surface area contributed by atoms with Crippen molar-refractivity contribution in [1.82, 2.24) is 24.6 Å². The Kier molecular flexibility index (Phi) is 5.99. The Hall–Kier alpha value is -2.61. The highest BCUT2D eigenvalue weighted by atomic mass is 32.2. The smallest absolute Gasteiger partial charge is 0.233 e. The summed E-state index contributed by atoms with van der Waals surface area (Å²) in [5.74, 6) is 2.02. The fraction of sp³-hybridized carbons (Fsp3) is 0.429. The van der Waals surface area contributed by atoms with Gasteiger partial charge in [0.25, 0.3) is 0 Å². The summed E-state index contributed by atoms with van der Waals surface area (Å²) < 4.78 is 7.51. The minimum absolute atomic E-state index is 0.158. The third-order valence-corrected chi connectivity index (χ3v) is 6.29. The molecule has 0 unspecified atom stereocenters. The second kappa shape index (κ2) is 8.82. The molecule has 152 valence electrons. The largest absolute Gasteiger partial charge is 0.467 e. The van der Waals surface area contributed by atoms with E-state index < -0.39 is 0 Å². The van der Waals surface area contributed by atoms with Crippen LogP contribution in [-0.2, 0) is 11.3 Å². The third kappa shape index (κ3) is 4.37. The molecule has 0 bridgehead atoms. The lowest BCUT2D eigenvalue weighted by Crippen LogP contribution is -2.48. The molecule has 1 saturated heterocycles. The summed E-state index contributed by atoms with van der Waals surface area (Å²) in [5, 5.41) is 9.44. The molecule has 0 aromatic carbocycles. The van der Waals surface area contributed by atoms with Gasteiger partial charge in [-0.05, 0) is 57.4 Å². The quantitative estimate of drug-likeness (QED) is 0.573. The van der Waals surface area contributed by atoms with Crippen LogP contribution in [0.4, 0.5) is 0 Å². The van der Waals surface area contributed by atoms with E-state index in [1.165, 1.54) is 18.2 Å². The predicted octanol–water partition coefficient (Wildman–Crippen LogP) is 3.86. The maximum atomic E-state index is 12.9. The van der Waals surface area contributed by atoms with Crippen molar-refractivity contribution >= 4 is 17.7 Å². The van der Waals surface area contributed by atoms with Gasteiger partial charge < -0.3 is 9.32 Å². The van der Waals surface area contributed by atoms with Crippen LogP contribution in [0.2, 0.25) is 0 Å². The molecule has 3 aromatic heterocycles. The van der Waals surface area contributed by atoms with E-state index in [-0.39, 0.29) is 5.91 Å². The van der Waals surface area contributed by atoms with Gasteiger partial charge >= 0.3 is 0 Å². The van der Waals surface area contributed by atoms with Gasteiger partial charge in [-0.25, -0.2) is 0 Å². The van der Waals surface area contributed by atoms with E-state index in [1.54, 1.807) is 18.7 Å². The van der Waals surface area contributed by atoms with E-state index >= 15 is 0 Å². The SMILES string of the molecule is C[C@@H]1CCC[C@H](C)N1C(=O)CSc1nnc(-c2cccnc2)n1Cc1ccco1. The first-order chi connectivity index (χ1) is 14.1. The molecule has 0 saturated carbocycles. The molecular weight excluding hydrogens is 386 g/mol. The van der Waals surface area contributed by atoms with Crippen molar-refractivity contribution in [2.75, 3.05) is 5.75 Å². The Morgan fingerprint density at radius 1 is 1.21 bits per heavy atom. The van der Waals surface area contributed by atoms with Crippen LogP contribution in [0, 0.1) is 0 Å². The highest BCUT2D eigenvalue weighted by molar-refractivity contribution is 7.99. The van der Waals surface area contributed by atoms with Crippen molar-refractivity contribution in [3.63, 3.8) is 0 Å². The molecule has 2 atom stereocenters. The van der Waals surface area contributed by atoms with Gasteiger partial charge in [-0.1, -0.05) is 11.8 Å². The normalized spacial score (nSPS) is 19.4. The summed E-state index contributed by atoms with van der Waals surface area (Å²) in [7, 11) is 0. The molecule has 29 heavy (non-hydrogen) atoms. The molecule has 8 heteroatoms. The number of amides is 1. The average molecular weight is 412 g/mol. The zero-order chi connectivity index (χ0) is 20.2. The maximum absolute atomic E-state index is 12.9. The van der Waals surface area contributed by atoms with Crippen molar-refractivity contribution in [1.29, 1.82) is 0 Å². The molecule has 1 amide bonds. The fourth-order valence-electron chi connectivity index (χ4n) is 3.92. The van der Waals surface area contributed by atoms with Gasteiger partial charge in [-0.15, -0.1) is 10.2 Å². The van der Waals surface area contributed by atoms with Gasteiger partial charge in [0.05, 0.1) is 18.6 Å². The lowest BCUT2D eigenvalue weighted by molar-refractivity contribution is -0.134. The van der Waals surface area contributed by atoms with Crippen LogP contribution in [0.25, 0.3) is 11.4 Å². The number of furan rings is 1. The number of rotatable bonds is 6. The van der Waals surface area contributed by atoms with Crippen LogP contribution in [0.15, 0.2) is 52.5 Å². The van der Waals surface area contributed by atoms with Gasteiger partial charge in [-0.2, -0.15) is 0 Å². The number of hydrogen-bond acceptors (Lipinski definition) is 6. The van der Waals surface area contributed by atoms with Crippen molar-refractivity contribution in [2.45, 2.75) is 56.9 Å². The third-order valence-electron chi connectivity index (χ3n) is 5.34. The lowest BCUT2D eigenvalue weighted by Gasteiger charge is -2.39. The number of nitrogens with zero attached hydrogens (tertiary/aromatic N) is 5. The Bertz CT molecular complexity index is 931.